The molecule has 2 fully saturated rings. The van der Waals surface area contributed by atoms with Crippen LogP contribution >= 0.6 is 12.2 Å². The van der Waals surface area contributed by atoms with Crippen LogP contribution in [0.4, 0.5) is 5.69 Å². The van der Waals surface area contributed by atoms with E-state index in [1.165, 1.54) is 12.1 Å². The van der Waals surface area contributed by atoms with Gasteiger partial charge in [-0.3, -0.25) is 68.2 Å². The van der Waals surface area contributed by atoms with Crippen molar-refractivity contribution in [1.29, 1.82) is 5.41 Å². The number of carboxylic acids is 3. The summed E-state index contributed by atoms with van der Waals surface area (Å²) in [5, 5.41) is 69.5. The maximum Gasteiger partial charge on any atom is 0.317 e. The van der Waals surface area contributed by atoms with Crippen LogP contribution in [0.5, 0.6) is 5.75 Å². The van der Waals surface area contributed by atoms with E-state index in [4.69, 9.17) is 32.8 Å². The average molecular weight is 1190 g/mol. The highest BCUT2D eigenvalue weighted by atomic mass is 32.1. The lowest BCUT2D eigenvalue weighted by atomic mass is 10.0. The number of hydrogen-bond donors (Lipinski definition) is 14. The van der Waals surface area contributed by atoms with Crippen LogP contribution in [-0.2, 0) is 65.5 Å². The predicted molar refractivity (Wildman–Crippen MR) is 306 cm³/mol. The molecule has 0 bridgehead atoms. The zero-order chi connectivity index (χ0) is 60.5. The second kappa shape index (κ2) is 37.4. The molecule has 2 aliphatic rings. The number of nitrogens with one attached hydrogen (secondary N) is 9. The molecule has 83 heavy (non-hydrogen) atoms. The van der Waals surface area contributed by atoms with Crippen LogP contribution in [0, 0.1) is 5.41 Å². The molecule has 2 heterocycles. The van der Waals surface area contributed by atoms with Crippen LogP contribution in [-0.4, -0.2) is 241 Å². The molecular formula is C53H80N14O15S. The fraction of sp³-hybridized carbons (Fsp3) is 0.566. The number of rotatable bonds is 31. The number of amides is 4. The van der Waals surface area contributed by atoms with Gasteiger partial charge in [0.15, 0.2) is 11.1 Å². The number of nitrogens with two attached hydrogens (primary N) is 1. The number of phenols is 1. The Kier molecular flexibility index (Phi) is 30.5. The number of anilines is 1. The molecule has 15 N–H and O–H groups in total. The Morgan fingerprint density at radius 1 is 0.735 bits per heavy atom. The zero-order valence-electron chi connectivity index (χ0n) is 46.4. The topological polar surface area (TPSA) is 412 Å². The van der Waals surface area contributed by atoms with Crippen molar-refractivity contribution < 1.29 is 73.1 Å². The molecule has 0 spiro atoms. The van der Waals surface area contributed by atoms with Gasteiger partial charge < -0.3 is 78.2 Å². The highest BCUT2D eigenvalue weighted by molar-refractivity contribution is 7.80. The number of nitrogens with zero attached hydrogens (tertiary/aromatic N) is 4. The van der Waals surface area contributed by atoms with E-state index in [-0.39, 0.29) is 76.8 Å². The van der Waals surface area contributed by atoms with E-state index in [1.54, 1.807) is 26.8 Å². The van der Waals surface area contributed by atoms with Crippen molar-refractivity contribution in [2.45, 2.75) is 88.0 Å². The number of carboxylic acid groups (broad SMARTS) is 3. The highest BCUT2D eigenvalue weighted by Gasteiger charge is 2.31. The van der Waals surface area contributed by atoms with E-state index in [0.29, 0.717) is 102 Å². The van der Waals surface area contributed by atoms with Crippen molar-refractivity contribution in [3.63, 3.8) is 0 Å². The van der Waals surface area contributed by atoms with Crippen molar-refractivity contribution >= 4 is 83.5 Å². The summed E-state index contributed by atoms with van der Waals surface area (Å²) in [7, 11) is 0. The van der Waals surface area contributed by atoms with E-state index in [1.807, 2.05) is 24.3 Å². The van der Waals surface area contributed by atoms with E-state index in [2.05, 4.69) is 47.4 Å². The van der Waals surface area contributed by atoms with Gasteiger partial charge in [-0.25, -0.2) is 0 Å². The first-order valence-corrected chi connectivity index (χ1v) is 27.8. The molecular weight excluding hydrogens is 1100 g/mol. The Morgan fingerprint density at radius 3 is 1.95 bits per heavy atom. The zero-order valence-corrected chi connectivity index (χ0v) is 47.2. The van der Waals surface area contributed by atoms with Crippen LogP contribution in [0.15, 0.2) is 48.5 Å². The first-order valence-electron chi connectivity index (χ1n) is 27.4. The number of aliphatic carboxylic acids is 3. The fourth-order valence-electron chi connectivity index (χ4n) is 9.41. The molecule has 2 aromatic rings. The number of aromatic hydroxyl groups is 1. The standard InChI is InChI=1S/C53H80N14O15S/c54-52(55)56-18-4-8-43-49(78)59-27-45(71)62-44(32-81-34-68)51(80)60-39(25-37-11-15-41(70)16-12-37)26-58-42(50(79)63-43)7-1-2-17-57-53(83)61-38-13-9-36(10-14-38)5-3-6-40(67(31-48(76)77)33-82-35-69)28-64-19-21-65(29-46(72)73)23-24-66(22-20-64)30-47(74)75/h9-16,34-35,39-40,42-44,58,70H,1-8,17-33H2,(H,59,78)(H,60,80)(H,62,71)(H,63,79)(H,72,73)(H,74,75)(H,76,77)(H4,54,55,56)(H2,57,61,83)/t39-,40?,42+,43+,44+/m1/s1. The van der Waals surface area contributed by atoms with E-state index < -0.39 is 91.4 Å². The molecule has 5 atom stereocenters. The first kappa shape index (κ1) is 67.7. The summed E-state index contributed by atoms with van der Waals surface area (Å²) < 4.78 is 9.89. The van der Waals surface area contributed by atoms with Crippen molar-refractivity contribution in [2.75, 3.05) is 110 Å². The first-order chi connectivity index (χ1) is 39.8. The van der Waals surface area contributed by atoms with Crippen molar-refractivity contribution in [2.24, 2.45) is 5.73 Å². The molecule has 0 radical (unpaired) electrons. The number of phenolic OH excluding ortho intramolecular Hbond substituents is 1. The van der Waals surface area contributed by atoms with Crippen LogP contribution in [0.25, 0.3) is 0 Å². The second-order valence-electron chi connectivity index (χ2n) is 20.1. The van der Waals surface area contributed by atoms with Gasteiger partial charge in [-0.05, 0) is 105 Å². The third-order valence-electron chi connectivity index (χ3n) is 13.7. The Labute approximate surface area is 486 Å². The Bertz CT molecular complexity index is 2420. The number of benzene rings is 2. The van der Waals surface area contributed by atoms with Gasteiger partial charge in [0.25, 0.3) is 12.9 Å². The normalized spacial score (nSPS) is 19.5. The smallest absolute Gasteiger partial charge is 0.317 e. The molecule has 0 aromatic heterocycles. The summed E-state index contributed by atoms with van der Waals surface area (Å²) in [5.41, 5.74) is 7.84. The second-order valence-corrected chi connectivity index (χ2v) is 20.5. The van der Waals surface area contributed by atoms with Gasteiger partial charge in [0.2, 0.25) is 23.6 Å². The van der Waals surface area contributed by atoms with Crippen LogP contribution in [0.3, 0.4) is 0 Å². The predicted octanol–water partition coefficient (Wildman–Crippen LogP) is -2.63. The van der Waals surface area contributed by atoms with E-state index in [0.717, 1.165) is 11.1 Å². The number of carbonyl (C=O) groups is 9. The molecule has 29 nitrogen and oxygen atoms in total. The maximum absolute atomic E-state index is 14.1. The molecule has 1 unspecified atom stereocenters. The summed E-state index contributed by atoms with van der Waals surface area (Å²) >= 11 is 5.61. The Balaban J connectivity index is 1.39. The molecule has 4 rings (SSSR count). The lowest BCUT2D eigenvalue weighted by Crippen LogP contribution is -2.56. The summed E-state index contributed by atoms with van der Waals surface area (Å²) in [6, 6.07) is 9.47. The number of aryl methyl sites for hydroxylation is 1. The van der Waals surface area contributed by atoms with Gasteiger partial charge in [-0.15, -0.1) is 0 Å². The van der Waals surface area contributed by atoms with E-state index in [9.17, 15) is 63.6 Å². The number of guanidine groups is 1. The molecule has 2 aliphatic heterocycles. The quantitative estimate of drug-likeness (QED) is 0.00917. The number of thiocarbonyl (C=S) groups is 1. The lowest BCUT2D eigenvalue weighted by Gasteiger charge is -2.35. The van der Waals surface area contributed by atoms with Gasteiger partial charge in [-0.2, -0.15) is 0 Å². The summed E-state index contributed by atoms with van der Waals surface area (Å²) in [6.07, 6.45) is 3.67. The number of unbranched alkanes of at least 4 members (excludes halogenated alkanes) is 1. The minimum Gasteiger partial charge on any atom is -0.508 e. The van der Waals surface area contributed by atoms with Gasteiger partial charge >= 0.3 is 17.9 Å². The Hall–Kier alpha value is -7.77. The molecule has 30 heteroatoms. The molecule has 0 saturated carbocycles. The number of carbonyl (C=O) groups excluding carboxylic acids is 6. The van der Waals surface area contributed by atoms with Gasteiger partial charge in [0.05, 0.1) is 32.2 Å². The third-order valence-corrected chi connectivity index (χ3v) is 13.9. The molecule has 4 amide bonds. The van der Waals surface area contributed by atoms with Crippen molar-refractivity contribution in [1.82, 2.24) is 56.8 Å². The van der Waals surface area contributed by atoms with E-state index >= 15 is 0 Å². The Morgan fingerprint density at radius 2 is 1.34 bits per heavy atom. The minimum absolute atomic E-state index is 0.0304. The monoisotopic (exact) mass is 1180 g/mol. The largest absolute Gasteiger partial charge is 0.508 e. The SMILES string of the molecule is N=C(N)NCCC[C@@H]1NC(=O)[C@H](CCCCNC(=S)Nc2ccc(CCCC(CN3CCN(CC(=O)O)CCN(CC(=O)O)CC3)N(COC=O)CC(=O)O)cc2)NC[C@@H](Cc2ccc(O)cc2)NC(=O)[C@H](COC=O)NC(=O)CNC1=O. The van der Waals surface area contributed by atoms with Crippen LogP contribution in [0.1, 0.15) is 56.1 Å². The van der Waals surface area contributed by atoms with Gasteiger partial charge in [-0.1, -0.05) is 24.3 Å². The average Bonchev–Trinajstić information content (AvgIpc) is 3.54. The summed E-state index contributed by atoms with van der Waals surface area (Å²) in [5.74, 6) is -6.03. The number of ether oxygens (including phenoxy) is 2. The highest BCUT2D eigenvalue weighted by Crippen LogP contribution is 2.18. The molecule has 0 aliphatic carbocycles. The van der Waals surface area contributed by atoms with Crippen molar-refractivity contribution in [3.05, 3.63) is 59.7 Å². The molecule has 458 valence electrons. The summed E-state index contributed by atoms with van der Waals surface area (Å²) in [4.78, 5) is 119. The summed E-state index contributed by atoms with van der Waals surface area (Å²) in [6.45, 7) is 1.60. The van der Waals surface area contributed by atoms with Crippen molar-refractivity contribution in [3.8, 4) is 5.75 Å². The van der Waals surface area contributed by atoms with Crippen LogP contribution < -0.4 is 48.3 Å². The van der Waals surface area contributed by atoms with Gasteiger partial charge in [0, 0.05) is 83.2 Å². The molecule has 2 aromatic carbocycles. The van der Waals surface area contributed by atoms with Gasteiger partial charge in [0.1, 0.15) is 31.2 Å². The van der Waals surface area contributed by atoms with Crippen LogP contribution in [0.2, 0.25) is 0 Å². The minimum atomic E-state index is -1.34. The fourth-order valence-corrected chi connectivity index (χ4v) is 9.63. The lowest BCUT2D eigenvalue weighted by molar-refractivity contribution is -0.145. The maximum atomic E-state index is 14.1. The third kappa shape index (κ3) is 27.7. The number of hydrogen-bond acceptors (Lipinski definition) is 19. The molecule has 2 saturated heterocycles.